The van der Waals surface area contributed by atoms with E-state index in [2.05, 4.69) is 15.5 Å². The maximum Gasteiger partial charge on any atom is 0.264 e. The van der Waals surface area contributed by atoms with E-state index in [-0.39, 0.29) is 10.7 Å². The molecule has 0 saturated carbocycles. The van der Waals surface area contributed by atoms with E-state index in [9.17, 15) is 4.79 Å². The zero-order chi connectivity index (χ0) is 20.8. The van der Waals surface area contributed by atoms with E-state index in [4.69, 9.17) is 38.0 Å². The van der Waals surface area contributed by atoms with Crippen LogP contribution >= 0.6 is 23.8 Å². The number of morpholine rings is 1. The SMILES string of the molecule is COc1cccc(OC)c1C(=O)NC(=S)Nc1cccc(Cl)c1N1CCOCC1. The van der Waals surface area contributed by atoms with Crippen molar-refractivity contribution >= 4 is 46.2 Å². The second-order valence-electron chi connectivity index (χ2n) is 6.18. The Morgan fingerprint density at radius 3 is 2.34 bits per heavy atom. The van der Waals surface area contributed by atoms with Gasteiger partial charge in [-0.25, -0.2) is 0 Å². The molecular formula is C20H22ClN3O4S. The van der Waals surface area contributed by atoms with Crippen LogP contribution in [0.25, 0.3) is 0 Å². The maximum absolute atomic E-state index is 12.8. The lowest BCUT2D eigenvalue weighted by Gasteiger charge is -2.31. The summed E-state index contributed by atoms with van der Waals surface area (Å²) in [5.74, 6) is 0.342. The monoisotopic (exact) mass is 435 g/mol. The Bertz CT molecular complexity index is 881. The van der Waals surface area contributed by atoms with Crippen LogP contribution in [-0.4, -0.2) is 51.5 Å². The number of methoxy groups -OCH3 is 2. The van der Waals surface area contributed by atoms with Crippen molar-refractivity contribution in [3.63, 3.8) is 0 Å². The third-order valence-corrected chi connectivity index (χ3v) is 4.95. The number of para-hydroxylation sites is 1. The third kappa shape index (κ3) is 4.90. The molecule has 0 unspecified atom stereocenters. The molecule has 2 N–H and O–H groups in total. The summed E-state index contributed by atoms with van der Waals surface area (Å²) in [4.78, 5) is 14.9. The minimum Gasteiger partial charge on any atom is -0.496 e. The van der Waals surface area contributed by atoms with E-state index < -0.39 is 5.91 Å². The molecule has 1 saturated heterocycles. The third-order valence-electron chi connectivity index (χ3n) is 4.44. The molecule has 3 rings (SSSR count). The van der Waals surface area contributed by atoms with Crippen LogP contribution in [0.2, 0.25) is 5.02 Å². The second-order valence-corrected chi connectivity index (χ2v) is 7.00. The molecule has 29 heavy (non-hydrogen) atoms. The molecule has 0 aromatic heterocycles. The molecule has 2 aromatic rings. The van der Waals surface area contributed by atoms with Crippen molar-refractivity contribution in [2.24, 2.45) is 0 Å². The van der Waals surface area contributed by atoms with Gasteiger partial charge in [-0.1, -0.05) is 23.7 Å². The Balaban J connectivity index is 1.78. The summed E-state index contributed by atoms with van der Waals surface area (Å²) < 4.78 is 16.0. The van der Waals surface area contributed by atoms with Crippen LogP contribution in [0, 0.1) is 0 Å². The number of carbonyl (C=O) groups excluding carboxylic acids is 1. The Kier molecular flexibility index (Phi) is 7.13. The molecule has 1 aliphatic heterocycles. The normalized spacial score (nSPS) is 13.6. The lowest BCUT2D eigenvalue weighted by Crippen LogP contribution is -2.38. The second kappa shape index (κ2) is 9.78. The zero-order valence-corrected chi connectivity index (χ0v) is 17.7. The van der Waals surface area contributed by atoms with Crippen LogP contribution in [0.15, 0.2) is 36.4 Å². The van der Waals surface area contributed by atoms with Crippen molar-refractivity contribution in [3.05, 3.63) is 47.0 Å². The lowest BCUT2D eigenvalue weighted by molar-refractivity contribution is 0.0971. The Morgan fingerprint density at radius 2 is 1.72 bits per heavy atom. The van der Waals surface area contributed by atoms with Crippen LogP contribution in [-0.2, 0) is 4.74 Å². The molecule has 0 aliphatic carbocycles. The molecule has 9 heteroatoms. The largest absolute Gasteiger partial charge is 0.496 e. The number of nitrogens with zero attached hydrogens (tertiary/aromatic N) is 1. The standard InChI is InChI=1S/C20H22ClN3O4S/c1-26-15-7-4-8-16(27-2)17(15)19(25)23-20(29)22-14-6-3-5-13(21)18(14)24-9-11-28-12-10-24/h3-8H,9-12H2,1-2H3,(H2,22,23,25,29). The molecular weight excluding hydrogens is 414 g/mol. The van der Waals surface area contributed by atoms with E-state index >= 15 is 0 Å². The summed E-state index contributed by atoms with van der Waals surface area (Å²) >= 11 is 11.8. The average molecular weight is 436 g/mol. The van der Waals surface area contributed by atoms with Crippen molar-refractivity contribution in [1.82, 2.24) is 5.32 Å². The van der Waals surface area contributed by atoms with Crippen molar-refractivity contribution in [2.45, 2.75) is 0 Å². The number of rotatable bonds is 5. The van der Waals surface area contributed by atoms with Gasteiger partial charge in [-0.3, -0.25) is 10.1 Å². The van der Waals surface area contributed by atoms with Gasteiger partial charge in [0.1, 0.15) is 17.1 Å². The van der Waals surface area contributed by atoms with Crippen molar-refractivity contribution in [3.8, 4) is 11.5 Å². The van der Waals surface area contributed by atoms with Gasteiger partial charge in [-0.15, -0.1) is 0 Å². The number of hydrogen-bond acceptors (Lipinski definition) is 6. The first-order valence-corrected chi connectivity index (χ1v) is 9.78. The van der Waals surface area contributed by atoms with Crippen molar-refractivity contribution < 1.29 is 19.0 Å². The van der Waals surface area contributed by atoms with E-state index in [0.717, 1.165) is 18.8 Å². The summed E-state index contributed by atoms with van der Waals surface area (Å²) in [5.41, 5.74) is 1.79. The summed E-state index contributed by atoms with van der Waals surface area (Å²) in [6, 6.07) is 10.6. The molecule has 1 amide bonds. The van der Waals surface area contributed by atoms with Crippen LogP contribution in [0.5, 0.6) is 11.5 Å². The van der Waals surface area contributed by atoms with Crippen molar-refractivity contribution in [2.75, 3.05) is 50.7 Å². The Morgan fingerprint density at radius 1 is 1.10 bits per heavy atom. The molecule has 0 spiro atoms. The topological polar surface area (TPSA) is 72.1 Å². The van der Waals surface area contributed by atoms with Crippen LogP contribution in [0.3, 0.4) is 0 Å². The summed E-state index contributed by atoms with van der Waals surface area (Å²) in [6.45, 7) is 2.69. The van der Waals surface area contributed by atoms with Gasteiger partial charge < -0.3 is 24.4 Å². The maximum atomic E-state index is 12.8. The van der Waals surface area contributed by atoms with Gasteiger partial charge in [0, 0.05) is 13.1 Å². The highest BCUT2D eigenvalue weighted by atomic mass is 35.5. The van der Waals surface area contributed by atoms with Gasteiger partial charge in [0.25, 0.3) is 5.91 Å². The van der Waals surface area contributed by atoms with Gasteiger partial charge in [0.2, 0.25) is 0 Å². The number of anilines is 2. The van der Waals surface area contributed by atoms with E-state index in [1.165, 1.54) is 14.2 Å². The van der Waals surface area contributed by atoms with Gasteiger partial charge >= 0.3 is 0 Å². The molecule has 2 aromatic carbocycles. The Labute approximate surface area is 179 Å². The highest BCUT2D eigenvalue weighted by Gasteiger charge is 2.21. The molecule has 1 fully saturated rings. The van der Waals surface area contributed by atoms with Crippen molar-refractivity contribution in [1.29, 1.82) is 0 Å². The Hall–Kier alpha value is -2.55. The number of carbonyl (C=O) groups is 1. The predicted molar refractivity (Wildman–Crippen MR) is 118 cm³/mol. The molecule has 154 valence electrons. The highest BCUT2D eigenvalue weighted by molar-refractivity contribution is 7.80. The van der Waals surface area contributed by atoms with E-state index in [1.54, 1.807) is 18.2 Å². The molecule has 0 radical (unpaired) electrons. The fourth-order valence-corrected chi connectivity index (χ4v) is 3.62. The van der Waals surface area contributed by atoms with E-state index in [1.807, 2.05) is 18.2 Å². The fourth-order valence-electron chi connectivity index (χ4n) is 3.12. The summed E-state index contributed by atoms with van der Waals surface area (Å²) in [7, 11) is 2.98. The molecule has 7 nitrogen and oxygen atoms in total. The van der Waals surface area contributed by atoms with Gasteiger partial charge in [0.15, 0.2) is 5.11 Å². The zero-order valence-electron chi connectivity index (χ0n) is 16.2. The van der Waals surface area contributed by atoms with E-state index in [0.29, 0.717) is 35.4 Å². The minimum atomic E-state index is -0.438. The number of halogens is 1. The van der Waals surface area contributed by atoms with Gasteiger partial charge in [-0.05, 0) is 36.5 Å². The first-order chi connectivity index (χ1) is 14.0. The fraction of sp³-hybridized carbons (Fsp3) is 0.300. The van der Waals surface area contributed by atoms with Gasteiger partial charge in [0.05, 0.1) is 43.8 Å². The number of amides is 1. The molecule has 0 bridgehead atoms. The number of benzene rings is 2. The first kappa shape index (κ1) is 21.2. The number of thiocarbonyl (C=S) groups is 1. The van der Waals surface area contributed by atoms with Gasteiger partial charge in [-0.2, -0.15) is 0 Å². The lowest BCUT2D eigenvalue weighted by atomic mass is 10.1. The number of hydrogen-bond donors (Lipinski definition) is 2. The summed E-state index contributed by atoms with van der Waals surface area (Å²) in [5, 5.41) is 6.49. The smallest absolute Gasteiger partial charge is 0.264 e. The summed E-state index contributed by atoms with van der Waals surface area (Å²) in [6.07, 6.45) is 0. The average Bonchev–Trinajstić information content (AvgIpc) is 2.73. The number of ether oxygens (including phenoxy) is 3. The quantitative estimate of drug-likeness (QED) is 0.698. The molecule has 1 heterocycles. The highest BCUT2D eigenvalue weighted by Crippen LogP contribution is 2.34. The molecule has 1 aliphatic rings. The predicted octanol–water partition coefficient (Wildman–Crippen LogP) is 3.32. The molecule has 0 atom stereocenters. The first-order valence-electron chi connectivity index (χ1n) is 8.99. The number of nitrogens with one attached hydrogen (secondary N) is 2. The van der Waals surface area contributed by atoms with Crippen LogP contribution < -0.4 is 25.0 Å². The van der Waals surface area contributed by atoms with Crippen LogP contribution in [0.4, 0.5) is 11.4 Å². The van der Waals surface area contributed by atoms with Crippen LogP contribution in [0.1, 0.15) is 10.4 Å². The minimum absolute atomic E-state index is 0.139.